The molecular weight excluding hydrogens is 328 g/mol. The molecule has 18 heavy (non-hydrogen) atoms. The molecule has 1 atom stereocenters. The molecule has 1 aliphatic heterocycles. The maximum absolute atomic E-state index is 5.46. The SMILES string of the molecule is CC1(Cn2c(=S)[nH]c3cc(Br)ccc32)CCCS1. The summed E-state index contributed by atoms with van der Waals surface area (Å²) in [6.07, 6.45) is 2.60. The number of rotatable bonds is 2. The maximum atomic E-state index is 5.46. The zero-order valence-electron chi connectivity index (χ0n) is 10.2. The van der Waals surface area contributed by atoms with Crippen LogP contribution in [0.3, 0.4) is 0 Å². The second kappa shape index (κ2) is 4.69. The first kappa shape index (κ1) is 12.8. The number of nitrogens with zero attached hydrogens (tertiary/aromatic N) is 1. The third-order valence-electron chi connectivity index (χ3n) is 3.53. The van der Waals surface area contributed by atoms with E-state index < -0.39 is 0 Å². The van der Waals surface area contributed by atoms with Gasteiger partial charge in [0, 0.05) is 15.8 Å². The second-order valence-corrected chi connectivity index (χ2v) is 8.06. The van der Waals surface area contributed by atoms with Crippen molar-refractivity contribution in [3.05, 3.63) is 27.4 Å². The predicted molar refractivity (Wildman–Crippen MR) is 84.9 cm³/mol. The van der Waals surface area contributed by atoms with E-state index in [0.717, 1.165) is 21.3 Å². The molecule has 0 bridgehead atoms. The molecule has 1 unspecified atom stereocenters. The molecule has 1 aromatic carbocycles. The van der Waals surface area contributed by atoms with Gasteiger partial charge in [0.1, 0.15) is 0 Å². The zero-order valence-corrected chi connectivity index (χ0v) is 13.4. The Labute approximate surface area is 124 Å². The first-order valence-corrected chi connectivity index (χ1v) is 8.28. The van der Waals surface area contributed by atoms with E-state index in [2.05, 4.69) is 62.4 Å². The number of aromatic nitrogens is 2. The van der Waals surface area contributed by atoms with E-state index in [-0.39, 0.29) is 0 Å². The van der Waals surface area contributed by atoms with Crippen molar-refractivity contribution in [3.63, 3.8) is 0 Å². The molecule has 0 spiro atoms. The molecule has 0 aliphatic carbocycles. The van der Waals surface area contributed by atoms with Crippen LogP contribution >= 0.6 is 39.9 Å². The Morgan fingerprint density at radius 3 is 3.11 bits per heavy atom. The minimum Gasteiger partial charge on any atom is -0.331 e. The first-order chi connectivity index (χ1) is 8.57. The molecule has 3 rings (SSSR count). The van der Waals surface area contributed by atoms with Crippen LogP contribution in [0.2, 0.25) is 0 Å². The third-order valence-corrected chi connectivity index (χ3v) is 5.87. The Balaban J connectivity index is 2.06. The van der Waals surface area contributed by atoms with Gasteiger partial charge in [0.2, 0.25) is 0 Å². The van der Waals surface area contributed by atoms with Crippen LogP contribution in [0.5, 0.6) is 0 Å². The van der Waals surface area contributed by atoms with Crippen LogP contribution in [-0.4, -0.2) is 20.1 Å². The minimum absolute atomic E-state index is 0.334. The lowest BCUT2D eigenvalue weighted by Gasteiger charge is -2.23. The van der Waals surface area contributed by atoms with E-state index in [1.165, 1.54) is 24.1 Å². The smallest absolute Gasteiger partial charge is 0.178 e. The van der Waals surface area contributed by atoms with Gasteiger partial charge in [-0.15, -0.1) is 0 Å². The number of halogens is 1. The summed E-state index contributed by atoms with van der Waals surface area (Å²) in [6, 6.07) is 6.30. The van der Waals surface area contributed by atoms with Crippen molar-refractivity contribution in [2.45, 2.75) is 31.1 Å². The third kappa shape index (κ3) is 2.28. The van der Waals surface area contributed by atoms with Crippen molar-refractivity contribution in [1.82, 2.24) is 9.55 Å². The lowest BCUT2D eigenvalue weighted by atomic mass is 10.1. The van der Waals surface area contributed by atoms with Crippen LogP contribution in [0.15, 0.2) is 22.7 Å². The van der Waals surface area contributed by atoms with Crippen LogP contribution in [0.1, 0.15) is 19.8 Å². The Hall–Kier alpha value is -0.260. The van der Waals surface area contributed by atoms with Gasteiger partial charge in [-0.25, -0.2) is 0 Å². The molecule has 1 saturated heterocycles. The first-order valence-electron chi connectivity index (χ1n) is 6.09. The van der Waals surface area contributed by atoms with Crippen molar-refractivity contribution in [2.75, 3.05) is 5.75 Å². The fourth-order valence-electron chi connectivity index (χ4n) is 2.59. The molecule has 1 fully saturated rings. The number of nitrogens with one attached hydrogen (secondary N) is 1. The van der Waals surface area contributed by atoms with E-state index in [9.17, 15) is 0 Å². The van der Waals surface area contributed by atoms with Crippen molar-refractivity contribution in [3.8, 4) is 0 Å². The predicted octanol–water partition coefficient (Wildman–Crippen LogP) is 4.75. The molecule has 0 amide bonds. The second-order valence-electron chi connectivity index (χ2n) is 5.08. The molecule has 2 aromatic rings. The average molecular weight is 343 g/mol. The van der Waals surface area contributed by atoms with Crippen molar-refractivity contribution in [2.24, 2.45) is 0 Å². The van der Waals surface area contributed by atoms with E-state index in [1.54, 1.807) is 0 Å². The van der Waals surface area contributed by atoms with Gasteiger partial charge in [0.25, 0.3) is 0 Å². The van der Waals surface area contributed by atoms with Gasteiger partial charge in [-0.3, -0.25) is 0 Å². The Morgan fingerprint density at radius 1 is 1.56 bits per heavy atom. The summed E-state index contributed by atoms with van der Waals surface area (Å²) >= 11 is 11.0. The summed E-state index contributed by atoms with van der Waals surface area (Å²) in [5.74, 6) is 1.28. The Morgan fingerprint density at radius 2 is 2.39 bits per heavy atom. The van der Waals surface area contributed by atoms with Gasteiger partial charge in [0.15, 0.2) is 4.77 Å². The molecule has 1 N–H and O–H groups in total. The van der Waals surface area contributed by atoms with E-state index in [1.807, 2.05) is 0 Å². The quantitative estimate of drug-likeness (QED) is 0.795. The summed E-state index contributed by atoms with van der Waals surface area (Å²) in [5.41, 5.74) is 2.32. The lowest BCUT2D eigenvalue weighted by Crippen LogP contribution is -2.23. The van der Waals surface area contributed by atoms with Gasteiger partial charge >= 0.3 is 0 Å². The van der Waals surface area contributed by atoms with Crippen LogP contribution in [0.25, 0.3) is 11.0 Å². The van der Waals surface area contributed by atoms with E-state index in [0.29, 0.717) is 4.75 Å². The average Bonchev–Trinajstić information content (AvgIpc) is 2.85. The number of fused-ring (bicyclic) bond motifs is 1. The fraction of sp³-hybridized carbons (Fsp3) is 0.462. The van der Waals surface area contributed by atoms with Crippen molar-refractivity contribution < 1.29 is 0 Å². The van der Waals surface area contributed by atoms with Crippen molar-refractivity contribution >= 4 is 50.9 Å². The molecule has 2 heterocycles. The molecular formula is C13H15BrN2S2. The highest BCUT2D eigenvalue weighted by Crippen LogP contribution is 2.39. The zero-order chi connectivity index (χ0) is 12.8. The Bertz CT molecular complexity index is 638. The number of imidazole rings is 1. The van der Waals surface area contributed by atoms with Gasteiger partial charge in [-0.1, -0.05) is 15.9 Å². The maximum Gasteiger partial charge on any atom is 0.178 e. The number of aromatic amines is 1. The highest BCUT2D eigenvalue weighted by Gasteiger charge is 2.30. The number of hydrogen-bond donors (Lipinski definition) is 1. The van der Waals surface area contributed by atoms with Gasteiger partial charge < -0.3 is 9.55 Å². The number of H-pyrrole nitrogens is 1. The summed E-state index contributed by atoms with van der Waals surface area (Å²) in [4.78, 5) is 3.30. The summed E-state index contributed by atoms with van der Waals surface area (Å²) < 4.78 is 4.49. The molecule has 5 heteroatoms. The standard InChI is InChI=1S/C13H15BrN2S2/c1-13(5-2-6-18-13)8-16-11-4-3-9(14)7-10(11)15-12(16)17/h3-4,7H,2,5-6,8H2,1H3,(H,15,17). The largest absolute Gasteiger partial charge is 0.331 e. The highest BCUT2D eigenvalue weighted by molar-refractivity contribution is 9.10. The Kier molecular flexibility index (Phi) is 3.32. The normalized spacial score (nSPS) is 23.9. The molecule has 96 valence electrons. The summed E-state index contributed by atoms with van der Waals surface area (Å²) in [5, 5.41) is 0. The highest BCUT2D eigenvalue weighted by atomic mass is 79.9. The number of thioether (sulfide) groups is 1. The van der Waals surface area contributed by atoms with E-state index >= 15 is 0 Å². The summed E-state index contributed by atoms with van der Waals surface area (Å²) in [7, 11) is 0. The van der Waals surface area contributed by atoms with Gasteiger partial charge in [0.05, 0.1) is 11.0 Å². The van der Waals surface area contributed by atoms with Gasteiger partial charge in [-0.05, 0) is 55.9 Å². The summed E-state index contributed by atoms with van der Waals surface area (Å²) in [6.45, 7) is 3.35. The van der Waals surface area contributed by atoms with Crippen LogP contribution < -0.4 is 0 Å². The lowest BCUT2D eigenvalue weighted by molar-refractivity contribution is 0.515. The fourth-order valence-corrected chi connectivity index (χ4v) is 4.51. The monoisotopic (exact) mass is 342 g/mol. The molecule has 2 nitrogen and oxygen atoms in total. The minimum atomic E-state index is 0.334. The van der Waals surface area contributed by atoms with Crippen molar-refractivity contribution in [1.29, 1.82) is 0 Å². The molecule has 1 aromatic heterocycles. The number of benzene rings is 1. The molecule has 0 radical (unpaired) electrons. The topological polar surface area (TPSA) is 20.7 Å². The van der Waals surface area contributed by atoms with E-state index in [4.69, 9.17) is 12.2 Å². The van der Waals surface area contributed by atoms with Crippen LogP contribution in [-0.2, 0) is 6.54 Å². The van der Waals surface area contributed by atoms with Crippen LogP contribution in [0, 0.1) is 4.77 Å². The van der Waals surface area contributed by atoms with Crippen LogP contribution in [0.4, 0.5) is 0 Å². The van der Waals surface area contributed by atoms with Gasteiger partial charge in [-0.2, -0.15) is 11.8 Å². The molecule has 1 aliphatic rings. The number of hydrogen-bond acceptors (Lipinski definition) is 2. The molecule has 0 saturated carbocycles.